The van der Waals surface area contributed by atoms with Gasteiger partial charge in [-0.15, -0.1) is 0 Å². The number of hydrogen-bond acceptors (Lipinski definition) is 5. The SMILES string of the molecule is FC(F)(F)c1ccnc(NCC(c2ccccc2)N2CCOCC2)n1. The predicted octanol–water partition coefficient (Wildman–Crippen LogP) is 2.98. The van der Waals surface area contributed by atoms with Gasteiger partial charge in [0.25, 0.3) is 0 Å². The Morgan fingerprint density at radius 2 is 1.84 bits per heavy atom. The molecule has 0 bridgehead atoms. The number of ether oxygens (including phenoxy) is 1. The van der Waals surface area contributed by atoms with Crippen LogP contribution in [-0.2, 0) is 10.9 Å². The molecule has 0 amide bonds. The van der Waals surface area contributed by atoms with Crippen LogP contribution in [0.5, 0.6) is 0 Å². The lowest BCUT2D eigenvalue weighted by Gasteiger charge is -2.35. The molecule has 1 fully saturated rings. The second-order valence-electron chi connectivity index (χ2n) is 5.72. The third-order valence-corrected chi connectivity index (χ3v) is 4.07. The molecule has 1 aromatic carbocycles. The van der Waals surface area contributed by atoms with E-state index in [0.29, 0.717) is 19.8 Å². The Morgan fingerprint density at radius 1 is 1.12 bits per heavy atom. The topological polar surface area (TPSA) is 50.3 Å². The Bertz CT molecular complexity index is 675. The smallest absolute Gasteiger partial charge is 0.379 e. The molecule has 134 valence electrons. The highest BCUT2D eigenvalue weighted by Gasteiger charge is 2.33. The van der Waals surface area contributed by atoms with Crippen LogP contribution in [0.2, 0.25) is 0 Å². The number of aromatic nitrogens is 2. The molecule has 1 atom stereocenters. The van der Waals surface area contributed by atoms with E-state index in [2.05, 4.69) is 20.2 Å². The number of nitrogens with zero attached hydrogens (tertiary/aromatic N) is 3. The molecule has 0 radical (unpaired) electrons. The molecule has 1 N–H and O–H groups in total. The minimum Gasteiger partial charge on any atom is -0.379 e. The molecule has 3 rings (SSSR count). The molecule has 2 heterocycles. The van der Waals surface area contributed by atoms with Crippen molar-refractivity contribution < 1.29 is 17.9 Å². The van der Waals surface area contributed by atoms with Gasteiger partial charge in [-0.1, -0.05) is 30.3 Å². The quantitative estimate of drug-likeness (QED) is 0.897. The molecule has 8 heteroatoms. The Hall–Kier alpha value is -2.19. The lowest BCUT2D eigenvalue weighted by Crippen LogP contribution is -2.41. The van der Waals surface area contributed by atoms with Crippen molar-refractivity contribution in [3.8, 4) is 0 Å². The fourth-order valence-corrected chi connectivity index (χ4v) is 2.81. The van der Waals surface area contributed by atoms with E-state index in [1.807, 2.05) is 30.3 Å². The minimum absolute atomic E-state index is 0.00300. The first-order chi connectivity index (χ1) is 12.0. The van der Waals surface area contributed by atoms with E-state index < -0.39 is 11.9 Å². The van der Waals surface area contributed by atoms with E-state index in [9.17, 15) is 13.2 Å². The summed E-state index contributed by atoms with van der Waals surface area (Å²) < 4.78 is 43.7. The zero-order valence-electron chi connectivity index (χ0n) is 13.5. The first-order valence-corrected chi connectivity index (χ1v) is 8.05. The molecule has 0 aliphatic carbocycles. The van der Waals surface area contributed by atoms with Gasteiger partial charge < -0.3 is 10.1 Å². The standard InChI is InChI=1S/C17H19F3N4O/c18-17(19,20)15-6-7-21-16(23-15)22-12-14(13-4-2-1-3-5-13)24-8-10-25-11-9-24/h1-7,14H,8-12H2,(H,21,22,23). The van der Waals surface area contributed by atoms with Gasteiger partial charge in [0.15, 0.2) is 0 Å². The molecule has 25 heavy (non-hydrogen) atoms. The van der Waals surface area contributed by atoms with E-state index in [1.54, 1.807) is 0 Å². The van der Waals surface area contributed by atoms with Crippen LogP contribution in [-0.4, -0.2) is 47.7 Å². The van der Waals surface area contributed by atoms with Crippen molar-refractivity contribution in [1.82, 2.24) is 14.9 Å². The Kier molecular flexibility index (Phi) is 5.50. The lowest BCUT2D eigenvalue weighted by molar-refractivity contribution is -0.141. The summed E-state index contributed by atoms with van der Waals surface area (Å²) >= 11 is 0. The highest BCUT2D eigenvalue weighted by Crippen LogP contribution is 2.28. The normalized spacial score (nSPS) is 17.2. The molecular weight excluding hydrogens is 333 g/mol. The maximum absolute atomic E-state index is 12.8. The lowest BCUT2D eigenvalue weighted by atomic mass is 10.0. The van der Waals surface area contributed by atoms with Gasteiger partial charge in [-0.3, -0.25) is 4.90 Å². The maximum Gasteiger partial charge on any atom is 0.433 e. The van der Waals surface area contributed by atoms with E-state index in [1.165, 1.54) is 0 Å². The van der Waals surface area contributed by atoms with Gasteiger partial charge in [0, 0.05) is 25.8 Å². The number of nitrogens with one attached hydrogen (secondary N) is 1. The van der Waals surface area contributed by atoms with Gasteiger partial charge in [0.05, 0.1) is 19.3 Å². The van der Waals surface area contributed by atoms with Crippen LogP contribution in [0.15, 0.2) is 42.6 Å². The molecule has 1 aromatic heterocycles. The molecule has 1 aliphatic heterocycles. The van der Waals surface area contributed by atoms with Crippen molar-refractivity contribution in [2.45, 2.75) is 12.2 Å². The van der Waals surface area contributed by atoms with Crippen LogP contribution in [0.1, 0.15) is 17.3 Å². The summed E-state index contributed by atoms with van der Waals surface area (Å²) in [5.41, 5.74) is 0.136. The summed E-state index contributed by atoms with van der Waals surface area (Å²) in [6.07, 6.45) is -3.37. The van der Waals surface area contributed by atoms with Gasteiger partial charge in [0.1, 0.15) is 5.69 Å². The Balaban J connectivity index is 1.74. The highest BCUT2D eigenvalue weighted by atomic mass is 19.4. The second-order valence-corrected chi connectivity index (χ2v) is 5.72. The maximum atomic E-state index is 12.8. The highest BCUT2D eigenvalue weighted by molar-refractivity contribution is 5.28. The summed E-state index contributed by atoms with van der Waals surface area (Å²) in [7, 11) is 0. The van der Waals surface area contributed by atoms with Gasteiger partial charge in [-0.25, -0.2) is 9.97 Å². The van der Waals surface area contributed by atoms with E-state index in [0.717, 1.165) is 30.9 Å². The van der Waals surface area contributed by atoms with E-state index in [-0.39, 0.29) is 12.0 Å². The van der Waals surface area contributed by atoms with Crippen LogP contribution in [0.25, 0.3) is 0 Å². The Morgan fingerprint density at radius 3 is 2.52 bits per heavy atom. The number of benzene rings is 1. The molecule has 0 spiro atoms. The van der Waals surface area contributed by atoms with Crippen LogP contribution < -0.4 is 5.32 Å². The molecular formula is C17H19F3N4O. The Labute approximate surface area is 143 Å². The van der Waals surface area contributed by atoms with Crippen molar-refractivity contribution >= 4 is 5.95 Å². The van der Waals surface area contributed by atoms with Crippen LogP contribution in [0.4, 0.5) is 19.1 Å². The van der Waals surface area contributed by atoms with Gasteiger partial charge >= 0.3 is 6.18 Å². The van der Waals surface area contributed by atoms with E-state index in [4.69, 9.17) is 4.74 Å². The second kappa shape index (κ2) is 7.79. The first kappa shape index (κ1) is 17.6. The van der Waals surface area contributed by atoms with Crippen LogP contribution in [0, 0.1) is 0 Å². The zero-order valence-corrected chi connectivity index (χ0v) is 13.5. The van der Waals surface area contributed by atoms with Gasteiger partial charge in [0.2, 0.25) is 5.95 Å². The summed E-state index contributed by atoms with van der Waals surface area (Å²) in [6, 6.07) is 10.7. The average Bonchev–Trinajstić information content (AvgIpc) is 2.63. The van der Waals surface area contributed by atoms with Gasteiger partial charge in [-0.2, -0.15) is 13.2 Å². The third-order valence-electron chi connectivity index (χ3n) is 4.07. The van der Waals surface area contributed by atoms with Crippen molar-refractivity contribution in [2.75, 3.05) is 38.2 Å². The number of anilines is 1. The number of halogens is 3. The zero-order chi connectivity index (χ0) is 17.7. The molecule has 1 saturated heterocycles. The number of alkyl halides is 3. The minimum atomic E-state index is -4.48. The van der Waals surface area contributed by atoms with Crippen molar-refractivity contribution in [3.63, 3.8) is 0 Å². The molecule has 0 saturated carbocycles. The van der Waals surface area contributed by atoms with Crippen molar-refractivity contribution in [2.24, 2.45) is 0 Å². The van der Waals surface area contributed by atoms with Gasteiger partial charge in [-0.05, 0) is 11.6 Å². The fraction of sp³-hybridized carbons (Fsp3) is 0.412. The summed E-state index contributed by atoms with van der Waals surface area (Å²) in [5.74, 6) is -0.0241. The fourth-order valence-electron chi connectivity index (χ4n) is 2.81. The largest absolute Gasteiger partial charge is 0.433 e. The van der Waals surface area contributed by atoms with Crippen molar-refractivity contribution in [3.05, 3.63) is 53.9 Å². The van der Waals surface area contributed by atoms with Crippen LogP contribution in [0.3, 0.4) is 0 Å². The average molecular weight is 352 g/mol. The summed E-state index contributed by atoms with van der Waals surface area (Å²) in [5, 5.41) is 2.95. The number of rotatable bonds is 5. The first-order valence-electron chi connectivity index (χ1n) is 8.05. The molecule has 2 aromatic rings. The number of morpholine rings is 1. The predicted molar refractivity (Wildman–Crippen MR) is 87.1 cm³/mol. The summed E-state index contributed by atoms with van der Waals surface area (Å²) in [6.45, 7) is 3.23. The third kappa shape index (κ3) is 4.67. The molecule has 5 nitrogen and oxygen atoms in total. The monoisotopic (exact) mass is 352 g/mol. The molecule has 1 aliphatic rings. The van der Waals surface area contributed by atoms with E-state index >= 15 is 0 Å². The van der Waals surface area contributed by atoms with Crippen LogP contribution >= 0.6 is 0 Å². The summed E-state index contributed by atoms with van der Waals surface area (Å²) in [4.78, 5) is 9.71. The number of hydrogen-bond donors (Lipinski definition) is 1. The molecule has 1 unspecified atom stereocenters. The van der Waals surface area contributed by atoms with Crippen molar-refractivity contribution in [1.29, 1.82) is 0 Å².